The fourth-order valence-electron chi connectivity index (χ4n) is 1.46. The molecule has 1 rings (SSSR count). The number of nitrogens with two attached hydrogens (primary N) is 1. The molecule has 4 nitrogen and oxygen atoms in total. The third kappa shape index (κ3) is 3.54. The first-order chi connectivity index (χ1) is 7.93. The van der Waals surface area contributed by atoms with Crippen LogP contribution in [-0.4, -0.2) is 17.1 Å². The van der Waals surface area contributed by atoms with Gasteiger partial charge < -0.3 is 16.2 Å². The van der Waals surface area contributed by atoms with Crippen molar-refractivity contribution >= 4 is 11.6 Å². The van der Waals surface area contributed by atoms with Gasteiger partial charge in [-0.05, 0) is 19.9 Å². The molecule has 3 atom stereocenters. The van der Waals surface area contributed by atoms with E-state index < -0.39 is 6.10 Å². The maximum Gasteiger partial charge on any atom is 0.228 e. The zero-order valence-corrected chi connectivity index (χ0v) is 10.5. The summed E-state index contributed by atoms with van der Waals surface area (Å²) in [5.41, 5.74) is 7.02. The molecule has 4 heteroatoms. The second-order valence-corrected chi connectivity index (χ2v) is 4.40. The summed E-state index contributed by atoms with van der Waals surface area (Å²) in [6.07, 6.45) is -0.614. The van der Waals surface area contributed by atoms with Crippen LogP contribution in [0.1, 0.15) is 32.4 Å². The molecule has 4 N–H and O–H groups in total. The van der Waals surface area contributed by atoms with Gasteiger partial charge in [0.05, 0.1) is 12.0 Å². The zero-order valence-electron chi connectivity index (χ0n) is 10.5. The van der Waals surface area contributed by atoms with Gasteiger partial charge >= 0.3 is 0 Å². The van der Waals surface area contributed by atoms with E-state index in [0.717, 1.165) is 0 Å². The van der Waals surface area contributed by atoms with Gasteiger partial charge in [0.15, 0.2) is 0 Å². The highest BCUT2D eigenvalue weighted by molar-refractivity contribution is 5.93. The van der Waals surface area contributed by atoms with Crippen LogP contribution in [-0.2, 0) is 4.79 Å². The van der Waals surface area contributed by atoms with Crippen LogP contribution < -0.4 is 11.1 Å². The van der Waals surface area contributed by atoms with Crippen molar-refractivity contribution in [3.63, 3.8) is 0 Å². The van der Waals surface area contributed by atoms with Crippen LogP contribution in [0.3, 0.4) is 0 Å². The van der Waals surface area contributed by atoms with Gasteiger partial charge in [-0.3, -0.25) is 4.79 Å². The minimum atomic E-state index is -0.614. The molecular formula is C13H20N2O2. The van der Waals surface area contributed by atoms with Gasteiger partial charge in [0, 0.05) is 17.3 Å². The Balaban J connectivity index is 2.85. The maximum atomic E-state index is 11.9. The minimum Gasteiger partial charge on any atom is -0.389 e. The van der Waals surface area contributed by atoms with Gasteiger partial charge in [-0.15, -0.1) is 0 Å². The Kier molecular flexibility index (Phi) is 4.66. The number of aliphatic hydroxyl groups excluding tert-OH is 1. The molecule has 0 fully saturated rings. The average Bonchev–Trinajstić information content (AvgIpc) is 2.28. The summed E-state index contributed by atoms with van der Waals surface area (Å²) < 4.78 is 0. The molecule has 1 amide bonds. The van der Waals surface area contributed by atoms with Crippen LogP contribution in [0.15, 0.2) is 24.3 Å². The number of benzene rings is 1. The van der Waals surface area contributed by atoms with Crippen molar-refractivity contribution in [3.05, 3.63) is 29.8 Å². The number of anilines is 1. The Hall–Kier alpha value is -1.39. The Morgan fingerprint density at radius 2 is 1.88 bits per heavy atom. The van der Waals surface area contributed by atoms with Crippen LogP contribution in [0.4, 0.5) is 5.69 Å². The van der Waals surface area contributed by atoms with E-state index in [4.69, 9.17) is 5.73 Å². The predicted molar refractivity (Wildman–Crippen MR) is 68.5 cm³/mol. The molecule has 0 heterocycles. The highest BCUT2D eigenvalue weighted by Crippen LogP contribution is 2.22. The van der Waals surface area contributed by atoms with E-state index in [1.165, 1.54) is 0 Å². The number of aliphatic hydroxyl groups is 1. The summed E-state index contributed by atoms with van der Waals surface area (Å²) in [6.45, 7) is 5.25. The molecule has 0 saturated heterocycles. The van der Waals surface area contributed by atoms with Crippen molar-refractivity contribution in [3.8, 4) is 0 Å². The SMILES string of the molecule is CC(O)c1ccccc1NC(=O)C(C)C(C)N. The van der Waals surface area contributed by atoms with Gasteiger partial charge in [0.2, 0.25) is 5.91 Å². The summed E-state index contributed by atoms with van der Waals surface area (Å²) in [4.78, 5) is 11.9. The smallest absolute Gasteiger partial charge is 0.228 e. The lowest BCUT2D eigenvalue weighted by Gasteiger charge is -2.18. The number of carbonyl (C=O) groups is 1. The van der Waals surface area contributed by atoms with Gasteiger partial charge in [-0.2, -0.15) is 0 Å². The normalized spacial score (nSPS) is 16.1. The summed E-state index contributed by atoms with van der Waals surface area (Å²) in [7, 11) is 0. The van der Waals surface area contributed by atoms with Crippen molar-refractivity contribution in [1.29, 1.82) is 0 Å². The lowest BCUT2D eigenvalue weighted by atomic mass is 10.0. The summed E-state index contributed by atoms with van der Waals surface area (Å²) in [6, 6.07) is 7.00. The number of rotatable bonds is 4. The second kappa shape index (κ2) is 5.80. The van der Waals surface area contributed by atoms with Gasteiger partial charge in [-0.25, -0.2) is 0 Å². The fourth-order valence-corrected chi connectivity index (χ4v) is 1.46. The van der Waals surface area contributed by atoms with E-state index in [-0.39, 0.29) is 17.9 Å². The molecule has 0 spiro atoms. The molecule has 0 aliphatic rings. The molecule has 0 aliphatic carbocycles. The Labute approximate surface area is 102 Å². The van der Waals surface area contributed by atoms with Crippen molar-refractivity contribution in [2.24, 2.45) is 11.7 Å². The second-order valence-electron chi connectivity index (χ2n) is 4.40. The zero-order chi connectivity index (χ0) is 13.0. The van der Waals surface area contributed by atoms with Gasteiger partial charge in [0.1, 0.15) is 0 Å². The van der Waals surface area contributed by atoms with E-state index in [9.17, 15) is 9.90 Å². The Morgan fingerprint density at radius 3 is 2.41 bits per heavy atom. The van der Waals surface area contributed by atoms with Crippen LogP contribution >= 0.6 is 0 Å². The third-order valence-electron chi connectivity index (χ3n) is 2.87. The number of carbonyl (C=O) groups excluding carboxylic acids is 1. The maximum absolute atomic E-state index is 11.9. The van der Waals surface area contributed by atoms with Crippen molar-refractivity contribution in [2.75, 3.05) is 5.32 Å². The molecular weight excluding hydrogens is 216 g/mol. The molecule has 1 aromatic carbocycles. The molecule has 0 aliphatic heterocycles. The van der Waals surface area contributed by atoms with Crippen molar-refractivity contribution < 1.29 is 9.90 Å². The number of amides is 1. The number of hydrogen-bond donors (Lipinski definition) is 3. The monoisotopic (exact) mass is 236 g/mol. The summed E-state index contributed by atoms with van der Waals surface area (Å²) in [5, 5.41) is 12.4. The minimum absolute atomic E-state index is 0.131. The van der Waals surface area contributed by atoms with E-state index in [2.05, 4.69) is 5.32 Å². The first kappa shape index (κ1) is 13.7. The average molecular weight is 236 g/mol. The van der Waals surface area contributed by atoms with Crippen LogP contribution in [0, 0.1) is 5.92 Å². The van der Waals surface area contributed by atoms with Crippen molar-refractivity contribution in [1.82, 2.24) is 0 Å². The van der Waals surface area contributed by atoms with E-state index >= 15 is 0 Å². The van der Waals surface area contributed by atoms with E-state index in [0.29, 0.717) is 11.3 Å². The van der Waals surface area contributed by atoms with Crippen LogP contribution in [0.5, 0.6) is 0 Å². The molecule has 0 radical (unpaired) electrons. The van der Waals surface area contributed by atoms with Gasteiger partial charge in [0.25, 0.3) is 0 Å². The standard InChI is InChI=1S/C13H20N2O2/c1-8(9(2)14)13(17)15-12-7-5-4-6-11(12)10(3)16/h4-10,16H,14H2,1-3H3,(H,15,17). The van der Waals surface area contributed by atoms with E-state index in [1.807, 2.05) is 12.1 Å². The van der Waals surface area contributed by atoms with Gasteiger partial charge in [-0.1, -0.05) is 25.1 Å². The topological polar surface area (TPSA) is 75.3 Å². The Bertz CT molecular complexity index is 389. The third-order valence-corrected chi connectivity index (χ3v) is 2.87. The largest absolute Gasteiger partial charge is 0.389 e. The van der Waals surface area contributed by atoms with Crippen LogP contribution in [0.25, 0.3) is 0 Å². The first-order valence-electron chi connectivity index (χ1n) is 5.77. The number of para-hydroxylation sites is 1. The quantitative estimate of drug-likeness (QED) is 0.744. The van der Waals surface area contributed by atoms with Crippen molar-refractivity contribution in [2.45, 2.75) is 32.9 Å². The summed E-state index contributed by atoms with van der Waals surface area (Å²) in [5.74, 6) is -0.398. The first-order valence-corrected chi connectivity index (χ1v) is 5.77. The fraction of sp³-hybridized carbons (Fsp3) is 0.462. The van der Waals surface area contributed by atoms with E-state index in [1.54, 1.807) is 32.9 Å². The molecule has 0 aromatic heterocycles. The molecule has 0 bridgehead atoms. The molecule has 0 saturated carbocycles. The lowest BCUT2D eigenvalue weighted by Crippen LogP contribution is -2.34. The summed E-state index contributed by atoms with van der Waals surface area (Å²) >= 11 is 0. The molecule has 94 valence electrons. The predicted octanol–water partition coefficient (Wildman–Crippen LogP) is 1.66. The van der Waals surface area contributed by atoms with Crippen LogP contribution in [0.2, 0.25) is 0 Å². The molecule has 1 aromatic rings. The lowest BCUT2D eigenvalue weighted by molar-refractivity contribution is -0.119. The molecule has 17 heavy (non-hydrogen) atoms. The molecule has 3 unspecified atom stereocenters. The number of hydrogen-bond acceptors (Lipinski definition) is 3. The number of nitrogens with one attached hydrogen (secondary N) is 1. The highest BCUT2D eigenvalue weighted by atomic mass is 16.3. The highest BCUT2D eigenvalue weighted by Gasteiger charge is 2.18. The Morgan fingerprint density at radius 1 is 1.29 bits per heavy atom.